The Hall–Kier alpha value is -1.14. The Balaban J connectivity index is 2.08. The number of aromatic nitrogens is 2. The third-order valence-electron chi connectivity index (χ3n) is 3.60. The molecule has 1 aliphatic heterocycles. The lowest BCUT2D eigenvalue weighted by atomic mass is 10.3. The second-order valence-corrected chi connectivity index (χ2v) is 5.36. The summed E-state index contributed by atoms with van der Waals surface area (Å²) in [4.78, 5) is 4.57. The fraction of sp³-hybridized carbons (Fsp3) is 0.846. The Morgan fingerprint density at radius 2 is 2.21 bits per heavy atom. The van der Waals surface area contributed by atoms with Crippen molar-refractivity contribution in [1.29, 1.82) is 0 Å². The average molecular weight is 267 g/mol. The van der Waals surface area contributed by atoms with Gasteiger partial charge in [0.15, 0.2) is 0 Å². The van der Waals surface area contributed by atoms with Crippen molar-refractivity contribution >= 4 is 6.01 Å². The lowest BCUT2D eigenvalue weighted by Crippen LogP contribution is -2.38. The molecule has 0 aromatic carbocycles. The predicted octanol–water partition coefficient (Wildman–Crippen LogP) is 1.27. The van der Waals surface area contributed by atoms with E-state index in [1.165, 1.54) is 0 Å². The summed E-state index contributed by atoms with van der Waals surface area (Å²) in [7, 11) is 2.16. The third kappa shape index (κ3) is 3.45. The lowest BCUT2D eigenvalue weighted by molar-refractivity contribution is 0.334. The van der Waals surface area contributed by atoms with Gasteiger partial charge in [0.25, 0.3) is 0 Å². The van der Waals surface area contributed by atoms with Gasteiger partial charge in [-0.15, -0.1) is 5.10 Å². The lowest BCUT2D eigenvalue weighted by Gasteiger charge is -2.25. The average Bonchev–Trinajstić information content (AvgIpc) is 2.77. The number of likely N-dealkylation sites (N-methyl/N-ethyl adjacent to an activating group) is 1. The molecule has 0 amide bonds. The molecule has 19 heavy (non-hydrogen) atoms. The molecule has 0 bridgehead atoms. The van der Waals surface area contributed by atoms with E-state index < -0.39 is 0 Å². The zero-order valence-electron chi connectivity index (χ0n) is 12.4. The molecule has 6 nitrogen and oxygen atoms in total. The van der Waals surface area contributed by atoms with Crippen LogP contribution < -0.4 is 10.2 Å². The fourth-order valence-corrected chi connectivity index (χ4v) is 2.57. The highest BCUT2D eigenvalue weighted by Crippen LogP contribution is 2.21. The minimum Gasteiger partial charge on any atom is -0.406 e. The van der Waals surface area contributed by atoms with Crippen LogP contribution in [0.3, 0.4) is 0 Å². The molecule has 2 unspecified atom stereocenters. The summed E-state index contributed by atoms with van der Waals surface area (Å²) in [5.41, 5.74) is 0. The molecular formula is C13H25N5O. The minimum absolute atomic E-state index is 0.108. The van der Waals surface area contributed by atoms with E-state index in [9.17, 15) is 0 Å². The maximum atomic E-state index is 5.82. The van der Waals surface area contributed by atoms with Crippen LogP contribution >= 0.6 is 0 Å². The number of hydrogen-bond acceptors (Lipinski definition) is 6. The highest BCUT2D eigenvalue weighted by Gasteiger charge is 2.24. The van der Waals surface area contributed by atoms with Crippen LogP contribution in [-0.2, 0) is 0 Å². The van der Waals surface area contributed by atoms with Crippen molar-refractivity contribution in [2.24, 2.45) is 0 Å². The maximum absolute atomic E-state index is 5.82. The summed E-state index contributed by atoms with van der Waals surface area (Å²) in [6, 6.07) is 1.16. The Morgan fingerprint density at radius 1 is 1.42 bits per heavy atom. The van der Waals surface area contributed by atoms with E-state index in [4.69, 9.17) is 4.42 Å². The monoisotopic (exact) mass is 267 g/mol. The van der Waals surface area contributed by atoms with Crippen molar-refractivity contribution in [2.75, 3.05) is 38.1 Å². The van der Waals surface area contributed by atoms with Gasteiger partial charge in [0.2, 0.25) is 5.89 Å². The summed E-state index contributed by atoms with van der Waals surface area (Å²) in [5, 5.41) is 11.7. The number of anilines is 1. The molecular weight excluding hydrogens is 242 g/mol. The topological polar surface area (TPSA) is 57.4 Å². The van der Waals surface area contributed by atoms with Crippen molar-refractivity contribution in [3.05, 3.63) is 5.89 Å². The molecule has 108 valence electrons. The van der Waals surface area contributed by atoms with Gasteiger partial charge in [0.05, 0.1) is 6.04 Å². The van der Waals surface area contributed by atoms with E-state index in [1.54, 1.807) is 0 Å². The minimum atomic E-state index is 0.108. The molecule has 1 fully saturated rings. The van der Waals surface area contributed by atoms with Crippen LogP contribution in [0, 0.1) is 0 Å². The molecule has 2 atom stereocenters. The molecule has 1 saturated heterocycles. The first-order chi connectivity index (χ1) is 9.11. The first-order valence-corrected chi connectivity index (χ1v) is 7.13. The van der Waals surface area contributed by atoms with Crippen LogP contribution in [0.4, 0.5) is 6.01 Å². The molecule has 2 heterocycles. The van der Waals surface area contributed by atoms with Gasteiger partial charge >= 0.3 is 6.01 Å². The molecule has 0 saturated carbocycles. The second-order valence-electron chi connectivity index (χ2n) is 5.36. The van der Waals surface area contributed by atoms with Crippen LogP contribution in [-0.4, -0.2) is 54.4 Å². The van der Waals surface area contributed by atoms with Gasteiger partial charge in [0.1, 0.15) is 0 Å². The molecule has 0 spiro atoms. The van der Waals surface area contributed by atoms with Gasteiger partial charge < -0.3 is 19.5 Å². The third-order valence-corrected chi connectivity index (χ3v) is 3.60. The van der Waals surface area contributed by atoms with E-state index in [2.05, 4.69) is 46.2 Å². The van der Waals surface area contributed by atoms with Gasteiger partial charge in [-0.3, -0.25) is 0 Å². The van der Waals surface area contributed by atoms with Crippen LogP contribution in [0.5, 0.6) is 0 Å². The van der Waals surface area contributed by atoms with Crippen molar-refractivity contribution in [2.45, 2.75) is 39.3 Å². The summed E-state index contributed by atoms with van der Waals surface area (Å²) < 4.78 is 5.82. The summed E-state index contributed by atoms with van der Waals surface area (Å²) in [5.74, 6) is 0.668. The molecule has 1 aromatic rings. The fourth-order valence-electron chi connectivity index (χ4n) is 2.57. The largest absolute Gasteiger partial charge is 0.406 e. The highest BCUT2D eigenvalue weighted by molar-refractivity contribution is 5.27. The first-order valence-electron chi connectivity index (χ1n) is 7.13. The second kappa shape index (κ2) is 6.34. The predicted molar refractivity (Wildman–Crippen MR) is 75.3 cm³/mol. The quantitative estimate of drug-likeness (QED) is 0.886. The van der Waals surface area contributed by atoms with Gasteiger partial charge in [-0.25, -0.2) is 0 Å². The van der Waals surface area contributed by atoms with Crippen molar-refractivity contribution < 1.29 is 4.42 Å². The van der Waals surface area contributed by atoms with Crippen molar-refractivity contribution in [1.82, 2.24) is 20.4 Å². The Bertz CT molecular complexity index is 394. The van der Waals surface area contributed by atoms with Crippen LogP contribution in [0.25, 0.3) is 0 Å². The van der Waals surface area contributed by atoms with E-state index in [0.29, 0.717) is 17.9 Å². The normalized spacial score (nSPS) is 23.4. The Morgan fingerprint density at radius 3 is 2.95 bits per heavy atom. The Labute approximate surface area is 115 Å². The smallest absolute Gasteiger partial charge is 0.318 e. The van der Waals surface area contributed by atoms with Crippen LogP contribution in [0.15, 0.2) is 4.42 Å². The molecule has 1 aliphatic rings. The number of rotatable bonds is 4. The SMILES string of the molecule is CCNC(C)c1nnc(N2CCCN(C)CC2C)o1. The van der Waals surface area contributed by atoms with Crippen LogP contribution in [0.1, 0.15) is 39.1 Å². The van der Waals surface area contributed by atoms with Gasteiger partial charge in [-0.05, 0) is 40.4 Å². The molecule has 1 N–H and O–H groups in total. The highest BCUT2D eigenvalue weighted by atomic mass is 16.4. The zero-order chi connectivity index (χ0) is 13.8. The summed E-state index contributed by atoms with van der Waals surface area (Å²) in [6.07, 6.45) is 1.13. The number of nitrogens with zero attached hydrogens (tertiary/aromatic N) is 4. The first kappa shape index (κ1) is 14.3. The molecule has 6 heteroatoms. The molecule has 0 radical (unpaired) electrons. The summed E-state index contributed by atoms with van der Waals surface area (Å²) >= 11 is 0. The number of hydrogen-bond donors (Lipinski definition) is 1. The van der Waals surface area contributed by atoms with E-state index in [-0.39, 0.29) is 6.04 Å². The molecule has 2 rings (SSSR count). The van der Waals surface area contributed by atoms with Crippen molar-refractivity contribution in [3.8, 4) is 0 Å². The zero-order valence-corrected chi connectivity index (χ0v) is 12.4. The summed E-state index contributed by atoms with van der Waals surface area (Å²) in [6.45, 7) is 10.3. The van der Waals surface area contributed by atoms with Gasteiger partial charge in [0, 0.05) is 19.1 Å². The van der Waals surface area contributed by atoms with Crippen molar-refractivity contribution in [3.63, 3.8) is 0 Å². The van der Waals surface area contributed by atoms with Gasteiger partial charge in [-0.2, -0.15) is 0 Å². The number of nitrogens with one attached hydrogen (secondary N) is 1. The van der Waals surface area contributed by atoms with E-state index >= 15 is 0 Å². The molecule has 1 aromatic heterocycles. The standard InChI is InChI=1S/C13H25N5O/c1-5-14-11(3)12-15-16-13(19-12)18-8-6-7-17(4)9-10(18)2/h10-11,14H,5-9H2,1-4H3. The van der Waals surface area contributed by atoms with Gasteiger partial charge in [-0.1, -0.05) is 12.0 Å². The van der Waals surface area contributed by atoms with E-state index in [0.717, 1.165) is 32.6 Å². The van der Waals surface area contributed by atoms with Crippen LogP contribution in [0.2, 0.25) is 0 Å². The molecule has 0 aliphatic carbocycles. The maximum Gasteiger partial charge on any atom is 0.318 e. The van der Waals surface area contributed by atoms with E-state index in [1.807, 2.05) is 6.92 Å². The Kier molecular flexibility index (Phi) is 4.76.